The molecule has 1 saturated carbocycles. The average molecular weight is 585 g/mol. The molecule has 6 nitrogen and oxygen atoms in total. The van der Waals surface area contributed by atoms with Crippen molar-refractivity contribution in [2.75, 3.05) is 11.9 Å². The Kier molecular flexibility index (Phi) is 9.98. The van der Waals surface area contributed by atoms with Gasteiger partial charge in [-0.05, 0) is 72.2 Å². The number of alkyl halides is 3. The summed E-state index contributed by atoms with van der Waals surface area (Å²) in [6.07, 6.45) is 0.823. The van der Waals surface area contributed by atoms with Gasteiger partial charge >= 0.3 is 12.1 Å². The summed E-state index contributed by atoms with van der Waals surface area (Å²) < 4.78 is 53.6. The quantitative estimate of drug-likeness (QED) is 0.222. The van der Waals surface area contributed by atoms with Crippen molar-refractivity contribution < 1.29 is 37.1 Å². The zero-order chi connectivity index (χ0) is 30.3. The molecule has 222 valence electrons. The second-order valence-electron chi connectivity index (χ2n) is 10.5. The molecule has 0 bridgehead atoms. The second kappa shape index (κ2) is 13.6. The highest BCUT2D eigenvalue weighted by Gasteiger charge is 2.34. The third kappa shape index (κ3) is 8.18. The minimum absolute atomic E-state index is 0.0194. The summed E-state index contributed by atoms with van der Waals surface area (Å²) in [6.45, 7) is -0.0194. The number of carbonyl (C=O) groups is 3. The smallest absolute Gasteiger partial charge is 0.419 e. The minimum atomic E-state index is -4.92. The molecule has 0 spiro atoms. The van der Waals surface area contributed by atoms with Crippen molar-refractivity contribution in [2.24, 2.45) is 0 Å². The maximum absolute atomic E-state index is 13.8. The molecule has 1 aliphatic carbocycles. The van der Waals surface area contributed by atoms with Crippen LogP contribution >= 0.6 is 0 Å². The van der Waals surface area contributed by atoms with Gasteiger partial charge < -0.3 is 15.7 Å². The van der Waals surface area contributed by atoms with Gasteiger partial charge in [-0.1, -0.05) is 55.7 Å². The number of hydrogen-bond donors (Lipinski definition) is 3. The van der Waals surface area contributed by atoms with Crippen LogP contribution in [0.25, 0.3) is 0 Å². The summed E-state index contributed by atoms with van der Waals surface area (Å²) in [5, 5.41) is 13.8. The number of nitrogens with one attached hydrogen (secondary N) is 2. The van der Waals surface area contributed by atoms with Crippen molar-refractivity contribution in [1.82, 2.24) is 5.32 Å². The van der Waals surface area contributed by atoms with Crippen molar-refractivity contribution >= 4 is 23.5 Å². The summed E-state index contributed by atoms with van der Waals surface area (Å²) in [5.41, 5.74) is 1.22. The van der Waals surface area contributed by atoms with E-state index in [2.05, 4.69) is 10.6 Å². The van der Waals surface area contributed by atoms with Gasteiger partial charge in [0.25, 0.3) is 5.91 Å². The standard InChI is InChI=1S/C32H32F4N2O4/c33-28-15-14-25(19-27(28)32(34,35)36)38-31(42)26(23-12-10-22(11-13-23)21-4-2-1-3-5-21)18-20-6-8-24(9-7-20)30(41)37-17-16-29(39)40/h6-15,19,21,26H,1-5,16-18H2,(H,37,41)(H,38,42)(H,39,40). The number of halogens is 4. The number of carboxylic acid groups (broad SMARTS) is 1. The number of hydrogen-bond acceptors (Lipinski definition) is 3. The van der Waals surface area contributed by atoms with Crippen LogP contribution in [-0.4, -0.2) is 29.4 Å². The lowest BCUT2D eigenvalue weighted by Gasteiger charge is -2.23. The second-order valence-corrected chi connectivity index (χ2v) is 10.5. The number of carbonyl (C=O) groups excluding carboxylic acids is 2. The van der Waals surface area contributed by atoms with Crippen LogP contribution in [-0.2, 0) is 22.2 Å². The largest absolute Gasteiger partial charge is 0.481 e. The molecule has 1 fully saturated rings. The van der Waals surface area contributed by atoms with Crippen molar-refractivity contribution in [3.8, 4) is 0 Å². The number of aliphatic carboxylic acids is 1. The molecule has 0 aliphatic heterocycles. The van der Waals surface area contributed by atoms with Crippen molar-refractivity contribution in [3.63, 3.8) is 0 Å². The van der Waals surface area contributed by atoms with E-state index in [0.29, 0.717) is 34.7 Å². The Hall–Kier alpha value is -4.21. The first-order chi connectivity index (χ1) is 20.0. The van der Waals surface area contributed by atoms with Gasteiger partial charge in [0.05, 0.1) is 17.9 Å². The van der Waals surface area contributed by atoms with Gasteiger partial charge in [0.2, 0.25) is 5.91 Å². The van der Waals surface area contributed by atoms with Gasteiger partial charge in [0.15, 0.2) is 0 Å². The summed E-state index contributed by atoms with van der Waals surface area (Å²) in [6, 6.07) is 16.5. The van der Waals surface area contributed by atoms with E-state index >= 15 is 0 Å². The molecule has 0 heterocycles. The minimum Gasteiger partial charge on any atom is -0.481 e. The van der Waals surface area contributed by atoms with Crippen molar-refractivity contribution in [1.29, 1.82) is 0 Å². The van der Waals surface area contributed by atoms with Crippen molar-refractivity contribution in [2.45, 2.75) is 63.0 Å². The molecular formula is C32H32F4N2O4. The summed E-state index contributed by atoms with van der Waals surface area (Å²) in [4.78, 5) is 36.5. The molecule has 3 aromatic carbocycles. The Morgan fingerprint density at radius 2 is 1.57 bits per heavy atom. The Labute approximate surface area is 241 Å². The zero-order valence-corrected chi connectivity index (χ0v) is 22.8. The highest BCUT2D eigenvalue weighted by molar-refractivity contribution is 5.96. The van der Waals surface area contributed by atoms with Crippen LogP contribution in [0.1, 0.15) is 83.0 Å². The summed E-state index contributed by atoms with van der Waals surface area (Å²) >= 11 is 0. The van der Waals surface area contributed by atoms with Crippen LogP contribution in [0.3, 0.4) is 0 Å². The van der Waals surface area contributed by atoms with E-state index in [-0.39, 0.29) is 25.1 Å². The molecule has 3 aromatic rings. The Balaban J connectivity index is 1.56. The lowest BCUT2D eigenvalue weighted by molar-refractivity contribution is -0.140. The summed E-state index contributed by atoms with van der Waals surface area (Å²) in [7, 11) is 0. The SMILES string of the molecule is O=C(O)CCNC(=O)c1ccc(CC(C(=O)Nc2ccc(F)c(C(F)(F)F)c2)c2ccc(C3CCCCC3)cc2)cc1. The lowest BCUT2D eigenvalue weighted by atomic mass is 9.83. The summed E-state index contributed by atoms with van der Waals surface area (Å²) in [5.74, 6) is -3.79. The van der Waals surface area contributed by atoms with Crippen molar-refractivity contribution in [3.05, 3.63) is 100 Å². The number of carboxylic acids is 1. The number of amides is 2. The molecule has 4 rings (SSSR count). The first-order valence-electron chi connectivity index (χ1n) is 13.9. The topological polar surface area (TPSA) is 95.5 Å². The molecule has 1 unspecified atom stereocenters. The number of benzene rings is 3. The van der Waals surface area contributed by atoms with E-state index in [1.807, 2.05) is 24.3 Å². The average Bonchev–Trinajstić information content (AvgIpc) is 2.97. The number of anilines is 1. The maximum Gasteiger partial charge on any atom is 0.419 e. The normalized spacial score (nSPS) is 14.7. The molecule has 1 aliphatic rings. The first kappa shape index (κ1) is 30.7. The van der Waals surface area contributed by atoms with E-state index in [0.717, 1.165) is 18.9 Å². The van der Waals surface area contributed by atoms with Crippen LogP contribution < -0.4 is 10.6 Å². The molecule has 2 amide bonds. The molecule has 10 heteroatoms. The molecule has 1 atom stereocenters. The van der Waals surface area contributed by atoms with E-state index < -0.39 is 41.3 Å². The van der Waals surface area contributed by atoms with Crippen LogP contribution in [0.5, 0.6) is 0 Å². The maximum atomic E-state index is 13.8. The third-order valence-corrected chi connectivity index (χ3v) is 7.55. The van der Waals surface area contributed by atoms with Crippen LogP contribution in [0, 0.1) is 5.82 Å². The third-order valence-electron chi connectivity index (χ3n) is 7.55. The molecule has 0 saturated heterocycles. The molecule has 0 radical (unpaired) electrons. The van der Waals surface area contributed by atoms with Gasteiger partial charge in [-0.15, -0.1) is 0 Å². The zero-order valence-electron chi connectivity index (χ0n) is 22.8. The molecule has 3 N–H and O–H groups in total. The highest BCUT2D eigenvalue weighted by atomic mass is 19.4. The van der Waals surface area contributed by atoms with Gasteiger partial charge in [0, 0.05) is 17.8 Å². The van der Waals surface area contributed by atoms with E-state index in [9.17, 15) is 31.9 Å². The Bertz CT molecular complexity index is 1400. The predicted octanol–water partition coefficient (Wildman–Crippen LogP) is 7.06. The van der Waals surface area contributed by atoms with E-state index in [1.54, 1.807) is 24.3 Å². The Morgan fingerprint density at radius 1 is 0.905 bits per heavy atom. The predicted molar refractivity (Wildman–Crippen MR) is 150 cm³/mol. The Morgan fingerprint density at radius 3 is 2.19 bits per heavy atom. The van der Waals surface area contributed by atoms with Crippen LogP contribution in [0.2, 0.25) is 0 Å². The molecule has 42 heavy (non-hydrogen) atoms. The highest BCUT2D eigenvalue weighted by Crippen LogP contribution is 2.35. The fourth-order valence-electron chi connectivity index (χ4n) is 5.26. The fourth-order valence-corrected chi connectivity index (χ4v) is 5.26. The fraction of sp³-hybridized carbons (Fsp3) is 0.344. The molecule has 0 aromatic heterocycles. The van der Waals surface area contributed by atoms with E-state index in [1.165, 1.54) is 24.8 Å². The number of rotatable bonds is 10. The van der Waals surface area contributed by atoms with Gasteiger partial charge in [0.1, 0.15) is 5.82 Å². The first-order valence-corrected chi connectivity index (χ1v) is 13.9. The van der Waals surface area contributed by atoms with E-state index in [4.69, 9.17) is 5.11 Å². The monoisotopic (exact) mass is 584 g/mol. The lowest BCUT2D eigenvalue weighted by Crippen LogP contribution is -2.26. The van der Waals surface area contributed by atoms with Crippen LogP contribution in [0.4, 0.5) is 23.2 Å². The van der Waals surface area contributed by atoms with Crippen LogP contribution in [0.15, 0.2) is 66.7 Å². The van der Waals surface area contributed by atoms with Gasteiger partial charge in [-0.2, -0.15) is 13.2 Å². The van der Waals surface area contributed by atoms with Gasteiger partial charge in [-0.25, -0.2) is 4.39 Å². The molecular weight excluding hydrogens is 552 g/mol. The van der Waals surface area contributed by atoms with Gasteiger partial charge in [-0.3, -0.25) is 14.4 Å².